The number of anilines is 1. The van der Waals surface area contributed by atoms with E-state index in [1.165, 1.54) is 0 Å². The van der Waals surface area contributed by atoms with E-state index in [2.05, 4.69) is 21.2 Å². The van der Waals surface area contributed by atoms with Crippen molar-refractivity contribution in [3.05, 3.63) is 28.2 Å². The number of benzene rings is 1. The van der Waals surface area contributed by atoms with Gasteiger partial charge >= 0.3 is 0 Å². The molecule has 0 aromatic heterocycles. The van der Waals surface area contributed by atoms with E-state index in [0.29, 0.717) is 17.8 Å². The van der Waals surface area contributed by atoms with E-state index in [1.807, 2.05) is 0 Å². The van der Waals surface area contributed by atoms with Crippen LogP contribution in [0.4, 0.5) is 5.69 Å². The summed E-state index contributed by atoms with van der Waals surface area (Å²) in [6.45, 7) is 0.293. The lowest BCUT2D eigenvalue weighted by Crippen LogP contribution is -2.47. The third-order valence-electron chi connectivity index (χ3n) is 3.12. The molecule has 2 rings (SSSR count). The molecule has 0 radical (unpaired) electrons. The molecule has 1 saturated carbocycles. The van der Waals surface area contributed by atoms with Crippen LogP contribution < -0.4 is 11.1 Å². The summed E-state index contributed by atoms with van der Waals surface area (Å²) in [6, 6.07) is 5.12. The van der Waals surface area contributed by atoms with Gasteiger partial charge in [-0.25, -0.2) is 0 Å². The van der Waals surface area contributed by atoms with E-state index < -0.39 is 5.60 Å². The predicted octanol–water partition coefficient (Wildman–Crippen LogP) is 1.68. The fraction of sp³-hybridized carbons (Fsp3) is 0.417. The smallest absolute Gasteiger partial charge is 0.253 e. The van der Waals surface area contributed by atoms with Crippen LogP contribution in [0.2, 0.25) is 0 Å². The highest BCUT2D eigenvalue weighted by atomic mass is 79.9. The van der Waals surface area contributed by atoms with Crippen molar-refractivity contribution in [2.45, 2.75) is 24.9 Å². The van der Waals surface area contributed by atoms with Gasteiger partial charge in [-0.2, -0.15) is 0 Å². The van der Waals surface area contributed by atoms with Gasteiger partial charge in [-0.15, -0.1) is 0 Å². The second-order valence-corrected chi connectivity index (χ2v) is 5.41. The summed E-state index contributed by atoms with van der Waals surface area (Å²) in [4.78, 5) is 11.8. The Morgan fingerprint density at radius 2 is 2.24 bits per heavy atom. The zero-order valence-corrected chi connectivity index (χ0v) is 11.0. The first kappa shape index (κ1) is 12.4. The number of carbonyl (C=O) groups excluding carboxylic acids is 1. The standard InChI is InChI=1S/C12H15BrN2O2/c13-8-2-3-9(10(14)6-8)11(16)15-7-12(17)4-1-5-12/h2-3,6,17H,1,4-5,7,14H2,(H,15,16). The largest absolute Gasteiger partial charge is 0.398 e. The van der Waals surface area contributed by atoms with E-state index in [9.17, 15) is 9.90 Å². The molecule has 0 heterocycles. The van der Waals surface area contributed by atoms with Crippen molar-refractivity contribution >= 4 is 27.5 Å². The predicted molar refractivity (Wildman–Crippen MR) is 69.7 cm³/mol. The van der Waals surface area contributed by atoms with Crippen molar-refractivity contribution in [2.24, 2.45) is 0 Å². The maximum Gasteiger partial charge on any atom is 0.253 e. The number of hydrogen-bond acceptors (Lipinski definition) is 3. The van der Waals surface area contributed by atoms with Crippen LogP contribution in [-0.4, -0.2) is 23.2 Å². The summed E-state index contributed by atoms with van der Waals surface area (Å²) in [5.74, 6) is -0.240. The van der Waals surface area contributed by atoms with Crippen LogP contribution in [0.3, 0.4) is 0 Å². The molecule has 0 atom stereocenters. The number of aliphatic hydroxyl groups is 1. The lowest BCUT2D eigenvalue weighted by atomic mass is 9.80. The van der Waals surface area contributed by atoms with Crippen LogP contribution >= 0.6 is 15.9 Å². The normalized spacial score (nSPS) is 17.3. The van der Waals surface area contributed by atoms with Gasteiger partial charge in [0, 0.05) is 16.7 Å². The van der Waals surface area contributed by atoms with E-state index in [0.717, 1.165) is 23.7 Å². The van der Waals surface area contributed by atoms with Crippen molar-refractivity contribution in [2.75, 3.05) is 12.3 Å². The maximum atomic E-state index is 11.8. The second kappa shape index (κ2) is 4.66. The van der Waals surface area contributed by atoms with Crippen LogP contribution in [0, 0.1) is 0 Å². The number of amides is 1. The molecule has 0 spiro atoms. The number of nitrogens with one attached hydrogen (secondary N) is 1. The van der Waals surface area contributed by atoms with Crippen molar-refractivity contribution < 1.29 is 9.90 Å². The molecular formula is C12H15BrN2O2. The summed E-state index contributed by atoms with van der Waals surface area (Å²) in [5.41, 5.74) is 5.92. The fourth-order valence-electron chi connectivity index (χ4n) is 1.84. The molecule has 1 aliphatic rings. The molecule has 4 nitrogen and oxygen atoms in total. The molecular weight excluding hydrogens is 284 g/mol. The van der Waals surface area contributed by atoms with E-state index >= 15 is 0 Å². The first-order valence-electron chi connectivity index (χ1n) is 5.56. The molecule has 17 heavy (non-hydrogen) atoms. The van der Waals surface area contributed by atoms with Crippen LogP contribution in [0.5, 0.6) is 0 Å². The van der Waals surface area contributed by atoms with Gasteiger partial charge < -0.3 is 16.2 Å². The fourth-order valence-corrected chi connectivity index (χ4v) is 2.22. The third-order valence-corrected chi connectivity index (χ3v) is 3.61. The van der Waals surface area contributed by atoms with Crippen molar-refractivity contribution in [3.63, 3.8) is 0 Å². The molecule has 0 unspecified atom stereocenters. The van der Waals surface area contributed by atoms with Crippen molar-refractivity contribution in [1.29, 1.82) is 0 Å². The lowest BCUT2D eigenvalue weighted by Gasteiger charge is -2.36. The molecule has 1 aliphatic carbocycles. The Balaban J connectivity index is 1.99. The highest BCUT2D eigenvalue weighted by molar-refractivity contribution is 9.10. The van der Waals surface area contributed by atoms with Gasteiger partial charge in [0.25, 0.3) is 5.91 Å². The average Bonchev–Trinajstić information content (AvgIpc) is 2.23. The number of halogens is 1. The molecule has 1 amide bonds. The van der Waals surface area contributed by atoms with Gasteiger partial charge in [0.2, 0.25) is 0 Å². The Labute approximate surface area is 108 Å². The molecule has 4 N–H and O–H groups in total. The zero-order valence-electron chi connectivity index (χ0n) is 9.37. The Bertz CT molecular complexity index is 444. The molecule has 0 bridgehead atoms. The van der Waals surface area contributed by atoms with Crippen LogP contribution in [0.1, 0.15) is 29.6 Å². The first-order chi connectivity index (χ1) is 8.00. The number of carbonyl (C=O) groups is 1. The molecule has 1 fully saturated rings. The maximum absolute atomic E-state index is 11.8. The topological polar surface area (TPSA) is 75.4 Å². The SMILES string of the molecule is Nc1cc(Br)ccc1C(=O)NCC1(O)CCC1. The lowest BCUT2D eigenvalue weighted by molar-refractivity contribution is -0.0300. The molecule has 5 heteroatoms. The van der Waals surface area contributed by atoms with E-state index in [-0.39, 0.29) is 5.91 Å². The van der Waals surface area contributed by atoms with Crippen LogP contribution in [-0.2, 0) is 0 Å². The Kier molecular flexibility index (Phi) is 3.40. The Morgan fingerprint density at radius 3 is 2.76 bits per heavy atom. The van der Waals surface area contributed by atoms with E-state index in [1.54, 1.807) is 18.2 Å². The van der Waals surface area contributed by atoms with Crippen LogP contribution in [0.25, 0.3) is 0 Å². The molecule has 0 saturated heterocycles. The number of hydrogen-bond donors (Lipinski definition) is 3. The van der Waals surface area contributed by atoms with Gasteiger partial charge in [0.15, 0.2) is 0 Å². The first-order valence-corrected chi connectivity index (χ1v) is 6.35. The molecule has 1 aromatic carbocycles. The summed E-state index contributed by atoms with van der Waals surface area (Å²) in [6.07, 6.45) is 2.53. The minimum atomic E-state index is -0.709. The van der Waals surface area contributed by atoms with E-state index in [4.69, 9.17) is 5.73 Å². The quantitative estimate of drug-likeness (QED) is 0.743. The summed E-state index contributed by atoms with van der Waals surface area (Å²) in [7, 11) is 0. The van der Waals surface area contributed by atoms with Gasteiger partial charge in [0.05, 0.1) is 11.2 Å². The number of rotatable bonds is 3. The highest BCUT2D eigenvalue weighted by Gasteiger charge is 2.34. The summed E-state index contributed by atoms with van der Waals surface area (Å²) >= 11 is 3.28. The zero-order chi connectivity index (χ0) is 12.5. The molecule has 92 valence electrons. The monoisotopic (exact) mass is 298 g/mol. The summed E-state index contributed by atoms with van der Waals surface area (Å²) in [5, 5.41) is 12.6. The summed E-state index contributed by atoms with van der Waals surface area (Å²) < 4.78 is 0.837. The van der Waals surface area contributed by atoms with Crippen molar-refractivity contribution in [1.82, 2.24) is 5.32 Å². The van der Waals surface area contributed by atoms with Gasteiger partial charge in [-0.05, 0) is 37.5 Å². The van der Waals surface area contributed by atoms with Gasteiger partial charge in [-0.3, -0.25) is 4.79 Å². The van der Waals surface area contributed by atoms with Crippen molar-refractivity contribution in [3.8, 4) is 0 Å². The van der Waals surface area contributed by atoms with Crippen LogP contribution in [0.15, 0.2) is 22.7 Å². The number of nitrogen functional groups attached to an aromatic ring is 1. The Hall–Kier alpha value is -1.07. The average molecular weight is 299 g/mol. The molecule has 1 aromatic rings. The number of nitrogens with two attached hydrogens (primary N) is 1. The van der Waals surface area contributed by atoms with Gasteiger partial charge in [0.1, 0.15) is 0 Å². The van der Waals surface area contributed by atoms with Gasteiger partial charge in [-0.1, -0.05) is 15.9 Å². The minimum absolute atomic E-state index is 0.240. The Morgan fingerprint density at radius 1 is 1.53 bits per heavy atom. The highest BCUT2D eigenvalue weighted by Crippen LogP contribution is 2.30. The third kappa shape index (κ3) is 2.79. The minimum Gasteiger partial charge on any atom is -0.398 e. The second-order valence-electron chi connectivity index (χ2n) is 4.49. The molecule has 0 aliphatic heterocycles.